The average molecular weight is 394 g/mol. The quantitative estimate of drug-likeness (QED) is 0.532. The second kappa shape index (κ2) is 7.04. The first-order chi connectivity index (χ1) is 13.5. The van der Waals surface area contributed by atoms with Crippen LogP contribution in [0.25, 0.3) is 10.9 Å². The van der Waals surface area contributed by atoms with Crippen molar-refractivity contribution < 1.29 is 9.18 Å². The van der Waals surface area contributed by atoms with Crippen LogP contribution in [-0.2, 0) is 4.79 Å². The van der Waals surface area contributed by atoms with Gasteiger partial charge in [-0.1, -0.05) is 32.4 Å². The highest BCUT2D eigenvalue weighted by atomic mass is 19.1. The number of ketones is 1. The maximum Gasteiger partial charge on any atom is 0.143 e. The molecule has 0 unspecified atom stereocenters. The van der Waals surface area contributed by atoms with E-state index in [0.717, 1.165) is 30.2 Å². The molecule has 2 aromatic rings. The van der Waals surface area contributed by atoms with Crippen molar-refractivity contribution in [1.82, 2.24) is 4.98 Å². The molecule has 0 amide bonds. The molecule has 4 rings (SSSR count). The highest BCUT2D eigenvalue weighted by Crippen LogP contribution is 2.53. The molecule has 0 N–H and O–H groups in total. The van der Waals surface area contributed by atoms with Crippen molar-refractivity contribution in [2.45, 2.75) is 66.2 Å². The van der Waals surface area contributed by atoms with Crippen LogP contribution in [0.15, 0.2) is 42.1 Å². The van der Waals surface area contributed by atoms with Gasteiger partial charge in [-0.2, -0.15) is 0 Å². The minimum atomic E-state index is -0.375. The molecule has 1 aromatic heterocycles. The third-order valence-electron chi connectivity index (χ3n) is 7.01. The van der Waals surface area contributed by atoms with Gasteiger partial charge < -0.3 is 0 Å². The highest BCUT2D eigenvalue weighted by Gasteiger charge is 2.44. The Morgan fingerprint density at radius 2 is 1.90 bits per heavy atom. The van der Waals surface area contributed by atoms with Crippen LogP contribution in [0.4, 0.5) is 4.39 Å². The van der Waals surface area contributed by atoms with Gasteiger partial charge in [-0.05, 0) is 86.1 Å². The Bertz CT molecular complexity index is 982. The molecule has 1 heterocycles. The van der Waals surface area contributed by atoms with Gasteiger partial charge in [-0.15, -0.1) is 0 Å². The molecule has 0 aliphatic heterocycles. The van der Waals surface area contributed by atoms with Crippen LogP contribution in [-0.4, -0.2) is 10.8 Å². The van der Waals surface area contributed by atoms with Gasteiger partial charge in [-0.25, -0.2) is 4.39 Å². The Hall–Kier alpha value is -2.03. The Balaban J connectivity index is 1.54. The molecule has 3 heteroatoms. The predicted octanol–water partition coefficient (Wildman–Crippen LogP) is 6.85. The summed E-state index contributed by atoms with van der Waals surface area (Å²) in [5.74, 6) is 1.69. The molecule has 154 valence electrons. The number of aromatic nitrogens is 1. The molecule has 29 heavy (non-hydrogen) atoms. The zero-order chi connectivity index (χ0) is 21.0. The van der Waals surface area contributed by atoms with E-state index in [1.165, 1.54) is 17.2 Å². The lowest BCUT2D eigenvalue weighted by Crippen LogP contribution is -2.30. The monoisotopic (exact) mass is 393 g/mol. The molecule has 2 aliphatic rings. The zero-order valence-corrected chi connectivity index (χ0v) is 18.3. The van der Waals surface area contributed by atoms with Gasteiger partial charge in [0.15, 0.2) is 0 Å². The Kier molecular flexibility index (Phi) is 4.91. The summed E-state index contributed by atoms with van der Waals surface area (Å²) in [4.78, 5) is 17.4. The maximum atomic E-state index is 13.8. The summed E-state index contributed by atoms with van der Waals surface area (Å²) in [5.41, 5.74) is 3.06. The number of pyridine rings is 1. The van der Waals surface area contributed by atoms with E-state index in [0.29, 0.717) is 30.0 Å². The Morgan fingerprint density at radius 1 is 1.14 bits per heavy atom. The average Bonchev–Trinajstić information content (AvgIpc) is 3.19. The summed E-state index contributed by atoms with van der Waals surface area (Å²) in [7, 11) is 0. The number of hydrogen-bond donors (Lipinski definition) is 0. The van der Waals surface area contributed by atoms with E-state index in [1.54, 1.807) is 12.1 Å². The second-order valence-corrected chi connectivity index (χ2v) is 10.8. The van der Waals surface area contributed by atoms with Crippen molar-refractivity contribution in [2.75, 3.05) is 0 Å². The molecular weight excluding hydrogens is 361 g/mol. The number of halogens is 1. The number of fused-ring (bicyclic) bond motifs is 2. The van der Waals surface area contributed by atoms with Crippen molar-refractivity contribution >= 4 is 16.7 Å². The van der Waals surface area contributed by atoms with E-state index in [9.17, 15) is 9.18 Å². The van der Waals surface area contributed by atoms with E-state index in [4.69, 9.17) is 0 Å². The van der Waals surface area contributed by atoms with Gasteiger partial charge >= 0.3 is 0 Å². The van der Waals surface area contributed by atoms with Gasteiger partial charge in [0.1, 0.15) is 11.6 Å². The highest BCUT2D eigenvalue weighted by molar-refractivity contribution is 5.87. The zero-order valence-electron chi connectivity index (χ0n) is 18.3. The fraction of sp³-hybridized carbons (Fsp3) is 0.538. The van der Waals surface area contributed by atoms with Gasteiger partial charge in [0.2, 0.25) is 0 Å². The van der Waals surface area contributed by atoms with E-state index in [2.05, 4.69) is 51.7 Å². The van der Waals surface area contributed by atoms with Crippen LogP contribution < -0.4 is 0 Å². The van der Waals surface area contributed by atoms with Gasteiger partial charge in [0.25, 0.3) is 0 Å². The van der Waals surface area contributed by atoms with Crippen molar-refractivity contribution in [3.63, 3.8) is 0 Å². The summed E-state index contributed by atoms with van der Waals surface area (Å²) in [6.07, 6.45) is 8.05. The van der Waals surface area contributed by atoms with Crippen molar-refractivity contribution in [3.05, 3.63) is 53.5 Å². The smallest absolute Gasteiger partial charge is 0.143 e. The largest absolute Gasteiger partial charge is 0.299 e. The van der Waals surface area contributed by atoms with Gasteiger partial charge in [0.05, 0.1) is 5.52 Å². The van der Waals surface area contributed by atoms with Crippen LogP contribution >= 0.6 is 0 Å². The number of nitrogens with zero attached hydrogens (tertiary/aromatic N) is 1. The number of benzene rings is 1. The van der Waals surface area contributed by atoms with Gasteiger partial charge in [-0.3, -0.25) is 9.78 Å². The molecule has 0 spiro atoms. The topological polar surface area (TPSA) is 30.0 Å². The minimum Gasteiger partial charge on any atom is -0.299 e. The van der Waals surface area contributed by atoms with Crippen LogP contribution in [0.2, 0.25) is 0 Å². The van der Waals surface area contributed by atoms with E-state index < -0.39 is 0 Å². The summed E-state index contributed by atoms with van der Waals surface area (Å²) < 4.78 is 13.8. The summed E-state index contributed by atoms with van der Waals surface area (Å²) >= 11 is 0. The number of hydrogen-bond acceptors (Lipinski definition) is 2. The predicted molar refractivity (Wildman–Crippen MR) is 116 cm³/mol. The van der Waals surface area contributed by atoms with Crippen molar-refractivity contribution in [3.8, 4) is 0 Å². The fourth-order valence-electron chi connectivity index (χ4n) is 5.30. The van der Waals surface area contributed by atoms with E-state index in [-0.39, 0.29) is 16.6 Å². The summed E-state index contributed by atoms with van der Waals surface area (Å²) in [5, 5.41) is 0.947. The van der Waals surface area contributed by atoms with Crippen molar-refractivity contribution in [1.29, 1.82) is 0 Å². The third-order valence-corrected chi connectivity index (χ3v) is 7.01. The first-order valence-corrected chi connectivity index (χ1v) is 10.8. The summed E-state index contributed by atoms with van der Waals surface area (Å²) in [6.45, 7) is 10.6. The lowest BCUT2D eigenvalue weighted by atomic mass is 9.73. The van der Waals surface area contributed by atoms with E-state index in [1.807, 2.05) is 6.20 Å². The number of allylic oxidation sites excluding steroid dienone is 2. The van der Waals surface area contributed by atoms with Gasteiger partial charge in [0, 0.05) is 23.4 Å². The molecule has 1 saturated carbocycles. The molecule has 0 saturated heterocycles. The molecule has 2 aliphatic carbocycles. The Labute approximate surface area is 173 Å². The molecule has 1 fully saturated rings. The second-order valence-electron chi connectivity index (χ2n) is 10.8. The number of carbonyl (C=O) groups excluding carboxylic acids is 1. The molecule has 2 nitrogen and oxygen atoms in total. The first kappa shape index (κ1) is 20.3. The minimum absolute atomic E-state index is 0.0200. The lowest BCUT2D eigenvalue weighted by Gasteiger charge is -2.29. The Morgan fingerprint density at radius 3 is 2.59 bits per heavy atom. The van der Waals surface area contributed by atoms with Crippen LogP contribution in [0.3, 0.4) is 0 Å². The third kappa shape index (κ3) is 3.89. The van der Waals surface area contributed by atoms with Crippen LogP contribution in [0, 0.1) is 28.5 Å². The standard InChI is InChI=1S/C26H32FNO/c1-25(2,3)15-24(29)26(4,5)19-12-16-10-18(11-17(16)13-19)21-8-9-28-23-7-6-20(27)14-22(21)23/h6-9,12,14,16-18H,10-11,13,15H2,1-5H3/t16-,17+,18-/m1/s1. The van der Waals surface area contributed by atoms with Crippen molar-refractivity contribution in [2.24, 2.45) is 22.7 Å². The lowest BCUT2D eigenvalue weighted by molar-refractivity contribution is -0.127. The van der Waals surface area contributed by atoms with Crippen LogP contribution in [0.1, 0.15) is 71.8 Å². The molecule has 3 atom stereocenters. The SMILES string of the molecule is CC(C)(C)CC(=O)C(C)(C)C1=C[C@H]2C[C@@H](c3ccnc4ccc(F)cc34)C[C@H]2C1. The summed E-state index contributed by atoms with van der Waals surface area (Å²) in [6, 6.07) is 6.94. The maximum absolute atomic E-state index is 13.8. The number of carbonyl (C=O) groups is 1. The van der Waals surface area contributed by atoms with E-state index >= 15 is 0 Å². The number of rotatable bonds is 4. The molecule has 0 radical (unpaired) electrons. The number of Topliss-reactive ketones (excluding diaryl/α,β-unsaturated/α-hetero) is 1. The molecule has 1 aromatic carbocycles. The molecular formula is C26H32FNO. The normalized spacial score (nSPS) is 24.6. The molecule has 0 bridgehead atoms. The first-order valence-electron chi connectivity index (χ1n) is 10.8. The fourth-order valence-corrected chi connectivity index (χ4v) is 5.30. The van der Waals surface area contributed by atoms with Crippen LogP contribution in [0.5, 0.6) is 0 Å².